The molecule has 11 heteroatoms. The maximum absolute atomic E-state index is 13.5. The van der Waals surface area contributed by atoms with E-state index < -0.39 is 6.04 Å². The van der Waals surface area contributed by atoms with E-state index >= 15 is 0 Å². The number of nitrogens with zero attached hydrogens (tertiary/aromatic N) is 6. The van der Waals surface area contributed by atoms with E-state index in [9.17, 15) is 4.79 Å². The molecule has 0 amide bonds. The number of anilines is 1. The number of H-pyrrole nitrogens is 1. The number of aryl methyl sites for hydroxylation is 2. The molecule has 2 aliphatic heterocycles. The standard InChI is InChI=1S/C27H31N7O4/c1-17-4-5-18(2)22(12-17)32-6-8-33(9-7-32)25(26-29-30-31-34(26)10-11-36-3)20-13-19-14-23-24(38-16-37-23)15-21(19)28-27(20)35/h4-5,12-15,25H,6-11,16H2,1-3H3,(H,28,35)/t25-/m0/s1. The van der Waals surface area contributed by atoms with Gasteiger partial charge in [0.2, 0.25) is 6.79 Å². The molecule has 2 aliphatic rings. The first-order valence-electron chi connectivity index (χ1n) is 12.8. The quantitative estimate of drug-likeness (QED) is 0.395. The monoisotopic (exact) mass is 517 g/mol. The molecule has 1 N–H and O–H groups in total. The van der Waals surface area contributed by atoms with Crippen LogP contribution in [0.1, 0.15) is 28.6 Å². The van der Waals surface area contributed by atoms with Gasteiger partial charge in [-0.25, -0.2) is 4.68 Å². The lowest BCUT2D eigenvalue weighted by Gasteiger charge is -2.40. The molecular formula is C27H31N7O4. The molecule has 1 saturated heterocycles. The van der Waals surface area contributed by atoms with Crippen LogP contribution < -0.4 is 19.9 Å². The number of hydrogen-bond acceptors (Lipinski definition) is 9. The number of aromatic nitrogens is 5. The number of pyridine rings is 1. The molecule has 2 aromatic heterocycles. The number of tetrazole rings is 1. The molecule has 38 heavy (non-hydrogen) atoms. The molecule has 0 saturated carbocycles. The molecule has 4 heterocycles. The normalized spacial score (nSPS) is 16.3. The van der Waals surface area contributed by atoms with Crippen LogP contribution in [0.15, 0.2) is 41.2 Å². The Morgan fingerprint density at radius 3 is 2.63 bits per heavy atom. The van der Waals surface area contributed by atoms with Crippen molar-refractivity contribution in [2.45, 2.75) is 26.4 Å². The molecule has 0 radical (unpaired) electrons. The van der Waals surface area contributed by atoms with Crippen LogP contribution in [-0.2, 0) is 11.3 Å². The summed E-state index contributed by atoms with van der Waals surface area (Å²) in [5.41, 5.74) is 4.86. The maximum Gasteiger partial charge on any atom is 0.253 e. The average molecular weight is 518 g/mol. The molecule has 0 unspecified atom stereocenters. The molecule has 198 valence electrons. The molecule has 6 rings (SSSR count). The largest absolute Gasteiger partial charge is 0.454 e. The summed E-state index contributed by atoms with van der Waals surface area (Å²) in [6.07, 6.45) is 0. The summed E-state index contributed by atoms with van der Waals surface area (Å²) in [7, 11) is 1.65. The molecular weight excluding hydrogens is 486 g/mol. The lowest BCUT2D eigenvalue weighted by atomic mass is 10.0. The van der Waals surface area contributed by atoms with Crippen LogP contribution in [0.2, 0.25) is 0 Å². The second-order valence-electron chi connectivity index (χ2n) is 9.82. The van der Waals surface area contributed by atoms with Crippen LogP contribution in [-0.4, -0.2) is 76.8 Å². The first-order valence-corrected chi connectivity index (χ1v) is 12.8. The third-order valence-corrected chi connectivity index (χ3v) is 7.36. The second-order valence-corrected chi connectivity index (χ2v) is 9.82. The fourth-order valence-corrected chi connectivity index (χ4v) is 5.34. The van der Waals surface area contributed by atoms with Crippen LogP contribution in [0.4, 0.5) is 5.69 Å². The molecule has 4 aromatic rings. The number of benzene rings is 2. The highest BCUT2D eigenvalue weighted by Gasteiger charge is 2.33. The van der Waals surface area contributed by atoms with Gasteiger partial charge < -0.3 is 24.1 Å². The number of rotatable bonds is 7. The first-order chi connectivity index (χ1) is 18.5. The highest BCUT2D eigenvalue weighted by Crippen LogP contribution is 2.36. The van der Waals surface area contributed by atoms with Gasteiger partial charge in [-0.3, -0.25) is 9.69 Å². The lowest BCUT2D eigenvalue weighted by molar-refractivity contribution is 0.171. The van der Waals surface area contributed by atoms with Crippen molar-refractivity contribution in [3.8, 4) is 11.5 Å². The average Bonchev–Trinajstić information content (AvgIpc) is 3.58. The van der Waals surface area contributed by atoms with Gasteiger partial charge in [0.05, 0.1) is 18.7 Å². The predicted octanol–water partition coefficient (Wildman–Crippen LogP) is 2.42. The van der Waals surface area contributed by atoms with E-state index in [2.05, 4.69) is 62.4 Å². The summed E-state index contributed by atoms with van der Waals surface area (Å²) in [6, 6.07) is 11.8. The van der Waals surface area contributed by atoms with Gasteiger partial charge in [0, 0.05) is 56.0 Å². The van der Waals surface area contributed by atoms with Crippen LogP contribution >= 0.6 is 0 Å². The Hall–Kier alpha value is -3.96. The highest BCUT2D eigenvalue weighted by atomic mass is 16.7. The van der Waals surface area contributed by atoms with E-state index in [-0.39, 0.29) is 12.4 Å². The number of hydrogen-bond donors (Lipinski definition) is 1. The van der Waals surface area contributed by atoms with E-state index in [0.29, 0.717) is 41.6 Å². The zero-order valence-corrected chi connectivity index (χ0v) is 21.8. The molecule has 0 spiro atoms. The summed E-state index contributed by atoms with van der Waals surface area (Å²) in [5.74, 6) is 1.91. The SMILES string of the molecule is COCCn1nnnc1[C@H](c1cc2cc3c(cc2[nH]c1=O)OCO3)N1CCN(c2cc(C)ccc2C)CC1. The van der Waals surface area contributed by atoms with Crippen molar-refractivity contribution in [2.75, 3.05) is 51.6 Å². The van der Waals surface area contributed by atoms with E-state index in [1.807, 2.05) is 18.2 Å². The molecule has 0 aliphatic carbocycles. The second kappa shape index (κ2) is 10.1. The fourth-order valence-electron chi connectivity index (χ4n) is 5.34. The van der Waals surface area contributed by atoms with Crippen molar-refractivity contribution in [1.29, 1.82) is 0 Å². The van der Waals surface area contributed by atoms with Gasteiger partial charge >= 0.3 is 0 Å². The Kier molecular flexibility index (Phi) is 6.46. The third-order valence-electron chi connectivity index (χ3n) is 7.36. The number of nitrogens with one attached hydrogen (secondary N) is 1. The highest BCUT2D eigenvalue weighted by molar-refractivity contribution is 5.83. The minimum Gasteiger partial charge on any atom is -0.454 e. The van der Waals surface area contributed by atoms with Crippen molar-refractivity contribution >= 4 is 16.6 Å². The van der Waals surface area contributed by atoms with Crippen molar-refractivity contribution in [3.63, 3.8) is 0 Å². The summed E-state index contributed by atoms with van der Waals surface area (Å²) < 4.78 is 18.1. The Bertz CT molecular complexity index is 1520. The smallest absolute Gasteiger partial charge is 0.253 e. The Balaban J connectivity index is 1.38. The molecule has 0 bridgehead atoms. The maximum atomic E-state index is 13.5. The van der Waals surface area contributed by atoms with Crippen LogP contribution in [0.25, 0.3) is 10.9 Å². The van der Waals surface area contributed by atoms with Gasteiger partial charge in [-0.2, -0.15) is 0 Å². The summed E-state index contributed by atoms with van der Waals surface area (Å²) in [5, 5.41) is 13.4. The van der Waals surface area contributed by atoms with Crippen molar-refractivity contribution in [1.82, 2.24) is 30.1 Å². The number of methoxy groups -OCH3 is 1. The van der Waals surface area contributed by atoms with Gasteiger partial charge in [0.1, 0.15) is 6.04 Å². The summed E-state index contributed by atoms with van der Waals surface area (Å²) >= 11 is 0. The predicted molar refractivity (Wildman–Crippen MR) is 142 cm³/mol. The van der Waals surface area contributed by atoms with E-state index in [0.717, 1.165) is 31.6 Å². The van der Waals surface area contributed by atoms with E-state index in [1.165, 1.54) is 16.8 Å². The zero-order chi connectivity index (χ0) is 26.2. The van der Waals surface area contributed by atoms with Crippen molar-refractivity contribution in [2.24, 2.45) is 0 Å². The summed E-state index contributed by atoms with van der Waals surface area (Å²) in [4.78, 5) is 21.3. The van der Waals surface area contributed by atoms with Gasteiger partial charge in [0.15, 0.2) is 17.3 Å². The minimum absolute atomic E-state index is 0.171. The lowest BCUT2D eigenvalue weighted by Crippen LogP contribution is -2.49. The number of aromatic amines is 1. The molecule has 11 nitrogen and oxygen atoms in total. The number of piperazine rings is 1. The first kappa shape index (κ1) is 24.4. The van der Waals surface area contributed by atoms with Crippen LogP contribution in [0.3, 0.4) is 0 Å². The van der Waals surface area contributed by atoms with Gasteiger partial charge in [0.25, 0.3) is 5.56 Å². The third kappa shape index (κ3) is 4.48. The summed E-state index contributed by atoms with van der Waals surface area (Å²) in [6.45, 7) is 8.52. The molecule has 2 aromatic carbocycles. The minimum atomic E-state index is -0.429. The van der Waals surface area contributed by atoms with E-state index in [1.54, 1.807) is 11.8 Å². The molecule has 1 fully saturated rings. The Morgan fingerprint density at radius 2 is 1.84 bits per heavy atom. The zero-order valence-electron chi connectivity index (χ0n) is 21.8. The number of fused-ring (bicyclic) bond motifs is 2. The van der Waals surface area contributed by atoms with Crippen molar-refractivity contribution in [3.05, 3.63) is 69.3 Å². The van der Waals surface area contributed by atoms with Gasteiger partial charge in [-0.05, 0) is 53.6 Å². The topological polar surface area (TPSA) is 111 Å². The fraction of sp³-hybridized carbons (Fsp3) is 0.407. The van der Waals surface area contributed by atoms with E-state index in [4.69, 9.17) is 14.2 Å². The van der Waals surface area contributed by atoms with Crippen LogP contribution in [0, 0.1) is 13.8 Å². The molecule has 1 atom stereocenters. The Labute approximate surface area is 219 Å². The van der Waals surface area contributed by atoms with Gasteiger partial charge in [-0.15, -0.1) is 5.10 Å². The van der Waals surface area contributed by atoms with Crippen molar-refractivity contribution < 1.29 is 14.2 Å². The van der Waals surface area contributed by atoms with Crippen LogP contribution in [0.5, 0.6) is 11.5 Å². The van der Waals surface area contributed by atoms with Gasteiger partial charge in [-0.1, -0.05) is 12.1 Å². The number of ether oxygens (including phenoxy) is 3. The Morgan fingerprint density at radius 1 is 1.05 bits per heavy atom.